The Morgan fingerprint density at radius 3 is 1.93 bits per heavy atom. The monoisotopic (exact) mass is 596 g/mol. The van der Waals surface area contributed by atoms with Gasteiger partial charge in [-0.3, -0.25) is 0 Å². The average Bonchev–Trinajstić information content (AvgIpc) is 3.57. The van der Waals surface area contributed by atoms with Crippen molar-refractivity contribution in [3.05, 3.63) is 11.6 Å². The fraction of sp³-hybridized carbons (Fsp3) is 0.914. The number of carbonyl (C=O) groups is 1. The first kappa shape index (κ1) is 37.2. The second kappa shape index (κ2) is 22.5. The van der Waals surface area contributed by atoms with E-state index in [0.29, 0.717) is 37.7 Å². The van der Waals surface area contributed by atoms with Crippen LogP contribution >= 0.6 is 0 Å². The summed E-state index contributed by atoms with van der Waals surface area (Å²) in [5.74, 6) is -0.308. The molecule has 2 aliphatic heterocycles. The highest BCUT2D eigenvalue weighted by Gasteiger charge is 2.31. The van der Waals surface area contributed by atoms with Crippen LogP contribution in [-0.4, -0.2) is 69.1 Å². The fourth-order valence-electron chi connectivity index (χ4n) is 6.40. The van der Waals surface area contributed by atoms with Crippen molar-refractivity contribution < 1.29 is 34.7 Å². The summed E-state index contributed by atoms with van der Waals surface area (Å²) in [6, 6.07) is 0. The summed E-state index contributed by atoms with van der Waals surface area (Å²) >= 11 is 0. The van der Waals surface area contributed by atoms with E-state index < -0.39 is 24.4 Å². The van der Waals surface area contributed by atoms with Gasteiger partial charge in [0.15, 0.2) is 0 Å². The van der Waals surface area contributed by atoms with Crippen LogP contribution in [0.3, 0.4) is 0 Å². The van der Waals surface area contributed by atoms with Crippen molar-refractivity contribution in [2.75, 3.05) is 0 Å². The summed E-state index contributed by atoms with van der Waals surface area (Å²) in [7, 11) is 0. The predicted molar refractivity (Wildman–Crippen MR) is 168 cm³/mol. The molecular formula is C35H64O7. The van der Waals surface area contributed by atoms with Crippen LogP contribution in [0.5, 0.6) is 0 Å². The maximum atomic E-state index is 11.7. The lowest BCUT2D eigenvalue weighted by Crippen LogP contribution is -2.31. The molecule has 2 heterocycles. The van der Waals surface area contributed by atoms with Gasteiger partial charge in [-0.15, -0.1) is 0 Å². The highest BCUT2D eigenvalue weighted by Crippen LogP contribution is 2.28. The SMILES string of the molecule is CCCCCCCCCCCCCC[C@@H](O)[C@H](O)CC[C@@H](O)[C@H]1CC[C@H](CCCCC[C@@H](O)CC2=C[C@H](C)OC2=O)O1. The van der Waals surface area contributed by atoms with Crippen LogP contribution in [0.15, 0.2) is 11.6 Å². The molecular weight excluding hydrogens is 532 g/mol. The fourth-order valence-corrected chi connectivity index (χ4v) is 6.40. The third-order valence-corrected chi connectivity index (χ3v) is 9.14. The molecule has 0 aromatic rings. The minimum absolute atomic E-state index is 0.149. The van der Waals surface area contributed by atoms with Gasteiger partial charge in [-0.1, -0.05) is 103 Å². The van der Waals surface area contributed by atoms with Gasteiger partial charge in [0.25, 0.3) is 0 Å². The minimum atomic E-state index is -0.793. The number of esters is 1. The molecule has 0 amide bonds. The van der Waals surface area contributed by atoms with Crippen molar-refractivity contribution in [1.29, 1.82) is 0 Å². The minimum Gasteiger partial charge on any atom is -0.455 e. The van der Waals surface area contributed by atoms with E-state index in [1.807, 2.05) is 6.92 Å². The topological polar surface area (TPSA) is 116 Å². The lowest BCUT2D eigenvalue weighted by Gasteiger charge is -2.22. The van der Waals surface area contributed by atoms with Gasteiger partial charge >= 0.3 is 5.97 Å². The molecule has 0 saturated carbocycles. The molecule has 0 unspecified atom stereocenters. The van der Waals surface area contributed by atoms with Crippen LogP contribution in [0.2, 0.25) is 0 Å². The van der Waals surface area contributed by atoms with Crippen LogP contribution in [0.4, 0.5) is 0 Å². The van der Waals surface area contributed by atoms with E-state index in [9.17, 15) is 25.2 Å². The third kappa shape index (κ3) is 16.2. The molecule has 1 saturated heterocycles. The van der Waals surface area contributed by atoms with E-state index >= 15 is 0 Å². The van der Waals surface area contributed by atoms with Crippen molar-refractivity contribution in [3.8, 4) is 0 Å². The molecule has 0 radical (unpaired) electrons. The Kier molecular flexibility index (Phi) is 19.9. The zero-order valence-corrected chi connectivity index (χ0v) is 26.9. The first-order valence-corrected chi connectivity index (χ1v) is 17.6. The molecule has 2 aliphatic rings. The molecule has 0 aromatic carbocycles. The Bertz CT molecular complexity index is 726. The molecule has 2 rings (SSSR count). The van der Waals surface area contributed by atoms with Gasteiger partial charge in [0.05, 0.1) is 36.6 Å². The number of carbonyl (C=O) groups excluding carboxylic acids is 1. The standard InChI is InChI=1S/C35H64O7/c1-3-4-5-6-7-8-9-10-11-12-13-17-20-31(37)32(38)22-23-33(39)34-24-21-30(42-34)19-16-14-15-18-29(36)26-28-25-27(2)41-35(28)40/h25,27,29-34,36-39H,3-24,26H2,1-2H3/t27-,29+,30-,31+,32+,33+,34+/m0/s1. The summed E-state index contributed by atoms with van der Waals surface area (Å²) in [4.78, 5) is 11.7. The summed E-state index contributed by atoms with van der Waals surface area (Å²) < 4.78 is 11.2. The molecule has 0 spiro atoms. The molecule has 1 fully saturated rings. The number of aliphatic hydroxyl groups is 4. The van der Waals surface area contributed by atoms with E-state index in [2.05, 4.69) is 6.92 Å². The van der Waals surface area contributed by atoms with Crippen molar-refractivity contribution in [3.63, 3.8) is 0 Å². The normalized spacial score (nSPS) is 23.5. The van der Waals surface area contributed by atoms with Gasteiger partial charge in [-0.05, 0) is 57.9 Å². The molecule has 0 aliphatic carbocycles. The Labute approximate surface area is 256 Å². The first-order valence-electron chi connectivity index (χ1n) is 17.6. The molecule has 42 heavy (non-hydrogen) atoms. The Hall–Kier alpha value is -0.990. The van der Waals surface area contributed by atoms with Gasteiger partial charge in [0.2, 0.25) is 0 Å². The zero-order valence-electron chi connectivity index (χ0n) is 26.9. The van der Waals surface area contributed by atoms with Crippen LogP contribution in [0.1, 0.15) is 162 Å². The van der Waals surface area contributed by atoms with Crippen molar-refractivity contribution in [2.24, 2.45) is 0 Å². The summed E-state index contributed by atoms with van der Waals surface area (Å²) in [6.07, 6.45) is 22.3. The maximum absolute atomic E-state index is 11.7. The summed E-state index contributed by atoms with van der Waals surface area (Å²) in [6.45, 7) is 4.08. The number of aliphatic hydroxyl groups excluding tert-OH is 4. The van der Waals surface area contributed by atoms with Crippen molar-refractivity contribution >= 4 is 5.97 Å². The predicted octanol–water partition coefficient (Wildman–Crippen LogP) is 7.06. The highest BCUT2D eigenvalue weighted by molar-refractivity contribution is 5.90. The largest absolute Gasteiger partial charge is 0.455 e. The highest BCUT2D eigenvalue weighted by atomic mass is 16.5. The van der Waals surface area contributed by atoms with E-state index in [1.165, 1.54) is 64.2 Å². The Morgan fingerprint density at radius 1 is 0.738 bits per heavy atom. The number of ether oxygens (including phenoxy) is 2. The number of hydrogen-bond acceptors (Lipinski definition) is 7. The molecule has 7 atom stereocenters. The second-order valence-corrected chi connectivity index (χ2v) is 13.1. The Morgan fingerprint density at radius 2 is 1.31 bits per heavy atom. The van der Waals surface area contributed by atoms with Crippen LogP contribution in [0, 0.1) is 0 Å². The van der Waals surface area contributed by atoms with Crippen molar-refractivity contribution in [1.82, 2.24) is 0 Å². The lowest BCUT2D eigenvalue weighted by atomic mass is 9.97. The number of cyclic esters (lactones) is 1. The molecule has 0 aromatic heterocycles. The van der Waals surface area contributed by atoms with E-state index in [1.54, 1.807) is 6.08 Å². The van der Waals surface area contributed by atoms with E-state index in [0.717, 1.165) is 51.4 Å². The number of hydrogen-bond donors (Lipinski definition) is 4. The van der Waals surface area contributed by atoms with Gasteiger partial charge in [-0.2, -0.15) is 0 Å². The molecule has 246 valence electrons. The van der Waals surface area contributed by atoms with Crippen LogP contribution < -0.4 is 0 Å². The summed E-state index contributed by atoms with van der Waals surface area (Å²) in [5.41, 5.74) is 0.584. The van der Waals surface area contributed by atoms with Crippen molar-refractivity contribution in [2.45, 2.75) is 204 Å². The zero-order chi connectivity index (χ0) is 30.6. The van der Waals surface area contributed by atoms with Crippen LogP contribution in [0.25, 0.3) is 0 Å². The maximum Gasteiger partial charge on any atom is 0.334 e. The smallest absolute Gasteiger partial charge is 0.334 e. The lowest BCUT2D eigenvalue weighted by molar-refractivity contribution is -0.139. The van der Waals surface area contributed by atoms with Gasteiger partial charge < -0.3 is 29.9 Å². The average molecular weight is 597 g/mol. The number of rotatable bonds is 26. The Balaban J connectivity index is 1.43. The van der Waals surface area contributed by atoms with Crippen LogP contribution in [-0.2, 0) is 14.3 Å². The second-order valence-electron chi connectivity index (χ2n) is 13.1. The van der Waals surface area contributed by atoms with Gasteiger partial charge in [0, 0.05) is 12.0 Å². The van der Waals surface area contributed by atoms with Gasteiger partial charge in [-0.25, -0.2) is 4.79 Å². The first-order chi connectivity index (χ1) is 20.3. The van der Waals surface area contributed by atoms with Gasteiger partial charge in [0.1, 0.15) is 6.10 Å². The number of unbranched alkanes of at least 4 members (excludes halogenated alkanes) is 13. The quantitative estimate of drug-likeness (QED) is 0.0624. The summed E-state index contributed by atoms with van der Waals surface area (Å²) in [5, 5.41) is 41.6. The molecule has 4 N–H and O–H groups in total. The van der Waals surface area contributed by atoms with E-state index in [4.69, 9.17) is 9.47 Å². The molecule has 7 heteroatoms. The molecule has 7 nitrogen and oxygen atoms in total. The molecule has 0 bridgehead atoms. The van der Waals surface area contributed by atoms with E-state index in [-0.39, 0.29) is 24.3 Å². The third-order valence-electron chi connectivity index (χ3n) is 9.14.